The van der Waals surface area contributed by atoms with Crippen LogP contribution in [0.4, 0.5) is 0 Å². The topological polar surface area (TPSA) is 12.9 Å². The molecule has 12 heavy (non-hydrogen) atoms. The average molecular weight is 178 g/mol. The van der Waals surface area contributed by atoms with Crippen LogP contribution >= 0.6 is 11.6 Å². The van der Waals surface area contributed by atoms with Crippen molar-refractivity contribution in [2.75, 3.05) is 0 Å². The van der Waals surface area contributed by atoms with Gasteiger partial charge in [-0.3, -0.25) is 0 Å². The molecule has 0 fully saturated rings. The largest absolute Gasteiger partial charge is 0.244 e. The zero-order valence-electron chi connectivity index (χ0n) is 6.71. The number of pyridine rings is 1. The molecule has 0 saturated carbocycles. The molecule has 0 saturated heterocycles. The lowest BCUT2D eigenvalue weighted by Crippen LogP contribution is -1.82. The monoisotopic (exact) mass is 177 g/mol. The Morgan fingerprint density at radius 3 is 2.50 bits per heavy atom. The van der Waals surface area contributed by atoms with Gasteiger partial charge in [0.1, 0.15) is 5.15 Å². The Labute approximate surface area is 76.0 Å². The minimum atomic E-state index is 0.580. The first-order valence-electron chi connectivity index (χ1n) is 3.79. The Hall–Kier alpha value is -1.08. The molecule has 0 aliphatic rings. The summed E-state index contributed by atoms with van der Waals surface area (Å²) in [5.41, 5.74) is 1.16. The molecule has 0 atom stereocenters. The van der Waals surface area contributed by atoms with E-state index in [1.807, 2.05) is 25.1 Å². The van der Waals surface area contributed by atoms with Crippen molar-refractivity contribution in [3.63, 3.8) is 0 Å². The van der Waals surface area contributed by atoms with Crippen LogP contribution in [0.1, 0.15) is 5.56 Å². The maximum atomic E-state index is 5.92. The van der Waals surface area contributed by atoms with Gasteiger partial charge in [-0.05, 0) is 17.9 Å². The third kappa shape index (κ3) is 1.07. The van der Waals surface area contributed by atoms with Gasteiger partial charge in [0.15, 0.2) is 0 Å². The van der Waals surface area contributed by atoms with Crippen LogP contribution < -0.4 is 0 Å². The number of aryl methyl sites for hydroxylation is 1. The summed E-state index contributed by atoms with van der Waals surface area (Å²) in [5, 5.41) is 2.79. The summed E-state index contributed by atoms with van der Waals surface area (Å²) in [6.45, 7) is 2.03. The molecule has 1 aromatic heterocycles. The molecule has 0 radical (unpaired) electrons. The van der Waals surface area contributed by atoms with Gasteiger partial charge in [-0.25, -0.2) is 4.98 Å². The summed E-state index contributed by atoms with van der Waals surface area (Å²) in [6, 6.07) is 8.01. The van der Waals surface area contributed by atoms with Gasteiger partial charge in [0.2, 0.25) is 0 Å². The van der Waals surface area contributed by atoms with E-state index in [-0.39, 0.29) is 0 Å². The zero-order valence-corrected chi connectivity index (χ0v) is 7.47. The van der Waals surface area contributed by atoms with Gasteiger partial charge < -0.3 is 0 Å². The van der Waals surface area contributed by atoms with Crippen molar-refractivity contribution in [1.29, 1.82) is 0 Å². The minimum absolute atomic E-state index is 0.580. The van der Waals surface area contributed by atoms with E-state index in [9.17, 15) is 0 Å². The fourth-order valence-electron chi connectivity index (χ4n) is 1.30. The Bertz CT molecular complexity index is 383. The first kappa shape index (κ1) is 7.56. The highest BCUT2D eigenvalue weighted by Crippen LogP contribution is 2.22. The van der Waals surface area contributed by atoms with Crippen molar-refractivity contribution in [3.05, 3.63) is 41.2 Å². The standard InChI is InChI=1S/C10H8ClN/c1-7-6-12-10(11)9-5-3-2-4-8(7)9/h2-6H,1H3. The van der Waals surface area contributed by atoms with E-state index in [4.69, 9.17) is 11.6 Å². The zero-order chi connectivity index (χ0) is 8.55. The molecule has 60 valence electrons. The van der Waals surface area contributed by atoms with E-state index in [1.54, 1.807) is 6.20 Å². The molecule has 0 spiro atoms. The van der Waals surface area contributed by atoms with Crippen molar-refractivity contribution in [2.24, 2.45) is 0 Å². The summed E-state index contributed by atoms with van der Waals surface area (Å²) >= 11 is 5.92. The van der Waals surface area contributed by atoms with Crippen LogP contribution in [0.25, 0.3) is 10.8 Å². The first-order chi connectivity index (χ1) is 5.79. The minimum Gasteiger partial charge on any atom is -0.244 e. The second kappa shape index (κ2) is 2.76. The Morgan fingerprint density at radius 1 is 1.17 bits per heavy atom. The third-order valence-electron chi connectivity index (χ3n) is 1.95. The molecule has 0 N–H and O–H groups in total. The van der Waals surface area contributed by atoms with Crippen molar-refractivity contribution in [3.8, 4) is 0 Å². The molecular weight excluding hydrogens is 170 g/mol. The molecular formula is C10H8ClN. The normalized spacial score (nSPS) is 10.5. The maximum Gasteiger partial charge on any atom is 0.136 e. The van der Waals surface area contributed by atoms with Crippen LogP contribution in [-0.2, 0) is 0 Å². The van der Waals surface area contributed by atoms with Crippen LogP contribution in [0.5, 0.6) is 0 Å². The number of nitrogens with zero attached hydrogens (tertiary/aromatic N) is 1. The SMILES string of the molecule is Cc1cnc(Cl)c2ccccc12. The number of hydrogen-bond donors (Lipinski definition) is 0. The summed E-state index contributed by atoms with van der Waals surface area (Å²) in [4.78, 5) is 4.07. The van der Waals surface area contributed by atoms with Gasteiger partial charge in [-0.15, -0.1) is 0 Å². The van der Waals surface area contributed by atoms with Crippen LogP contribution in [0.2, 0.25) is 5.15 Å². The van der Waals surface area contributed by atoms with Gasteiger partial charge in [0.05, 0.1) is 0 Å². The van der Waals surface area contributed by atoms with Crippen LogP contribution in [-0.4, -0.2) is 4.98 Å². The predicted octanol–water partition coefficient (Wildman–Crippen LogP) is 3.20. The number of halogens is 1. The highest BCUT2D eigenvalue weighted by Gasteiger charge is 2.00. The molecule has 0 bridgehead atoms. The number of aromatic nitrogens is 1. The molecule has 0 unspecified atom stereocenters. The van der Waals surface area contributed by atoms with Crippen LogP contribution in [0, 0.1) is 6.92 Å². The fourth-order valence-corrected chi connectivity index (χ4v) is 1.51. The lowest BCUT2D eigenvalue weighted by molar-refractivity contribution is 1.31. The third-order valence-corrected chi connectivity index (χ3v) is 2.25. The van der Waals surface area contributed by atoms with Crippen molar-refractivity contribution < 1.29 is 0 Å². The van der Waals surface area contributed by atoms with E-state index in [0.29, 0.717) is 5.15 Å². The Balaban J connectivity index is 2.95. The summed E-state index contributed by atoms with van der Waals surface area (Å²) in [6.07, 6.45) is 1.80. The second-order valence-corrected chi connectivity index (χ2v) is 3.14. The summed E-state index contributed by atoms with van der Waals surface area (Å²) < 4.78 is 0. The molecule has 1 nitrogen and oxygen atoms in total. The highest BCUT2D eigenvalue weighted by atomic mass is 35.5. The van der Waals surface area contributed by atoms with E-state index >= 15 is 0 Å². The van der Waals surface area contributed by atoms with Crippen molar-refractivity contribution in [2.45, 2.75) is 6.92 Å². The van der Waals surface area contributed by atoms with Gasteiger partial charge in [-0.2, -0.15) is 0 Å². The fraction of sp³-hybridized carbons (Fsp3) is 0.100. The molecule has 1 heterocycles. The molecule has 2 heteroatoms. The molecule has 1 aromatic carbocycles. The van der Waals surface area contributed by atoms with Crippen LogP contribution in [0.3, 0.4) is 0 Å². The van der Waals surface area contributed by atoms with Crippen molar-refractivity contribution >= 4 is 22.4 Å². The van der Waals surface area contributed by atoms with Crippen LogP contribution in [0.15, 0.2) is 30.5 Å². The molecule has 0 amide bonds. The van der Waals surface area contributed by atoms with Crippen molar-refractivity contribution in [1.82, 2.24) is 4.98 Å². The molecule has 0 aliphatic heterocycles. The first-order valence-corrected chi connectivity index (χ1v) is 4.16. The van der Waals surface area contributed by atoms with E-state index in [2.05, 4.69) is 11.1 Å². The number of hydrogen-bond acceptors (Lipinski definition) is 1. The Morgan fingerprint density at radius 2 is 1.83 bits per heavy atom. The quantitative estimate of drug-likeness (QED) is 0.564. The van der Waals surface area contributed by atoms with E-state index in [1.165, 1.54) is 5.39 Å². The van der Waals surface area contributed by atoms with Gasteiger partial charge in [0, 0.05) is 11.6 Å². The van der Waals surface area contributed by atoms with Gasteiger partial charge in [-0.1, -0.05) is 35.9 Å². The number of fused-ring (bicyclic) bond motifs is 1. The van der Waals surface area contributed by atoms with Gasteiger partial charge in [0.25, 0.3) is 0 Å². The smallest absolute Gasteiger partial charge is 0.136 e. The number of benzene rings is 1. The Kier molecular flexibility index (Phi) is 1.74. The molecule has 2 rings (SSSR count). The second-order valence-electron chi connectivity index (χ2n) is 2.78. The lowest BCUT2D eigenvalue weighted by Gasteiger charge is -2.01. The van der Waals surface area contributed by atoms with E-state index < -0.39 is 0 Å². The van der Waals surface area contributed by atoms with Gasteiger partial charge >= 0.3 is 0 Å². The molecule has 2 aromatic rings. The summed E-state index contributed by atoms with van der Waals surface area (Å²) in [7, 11) is 0. The van der Waals surface area contributed by atoms with E-state index in [0.717, 1.165) is 10.9 Å². The lowest BCUT2D eigenvalue weighted by atomic mass is 10.1. The summed E-state index contributed by atoms with van der Waals surface area (Å²) in [5.74, 6) is 0. The average Bonchev–Trinajstić information content (AvgIpc) is 2.12. The maximum absolute atomic E-state index is 5.92. The molecule has 0 aliphatic carbocycles. The number of rotatable bonds is 0. The predicted molar refractivity (Wildman–Crippen MR) is 51.5 cm³/mol. The highest BCUT2D eigenvalue weighted by molar-refractivity contribution is 6.34.